The summed E-state index contributed by atoms with van der Waals surface area (Å²) in [5, 5.41) is 5.92. The molecule has 0 atom stereocenters. The molecule has 4 aromatic rings. The monoisotopic (exact) mass is 335 g/mol. The molecule has 0 aliphatic carbocycles. The SMILES string of the molecule is O=c1[nH]c2ccc(Cl)cc2cc1CNc1cccc2cccnc12. The van der Waals surface area contributed by atoms with Crippen molar-refractivity contribution < 1.29 is 0 Å². The van der Waals surface area contributed by atoms with E-state index in [0.717, 1.165) is 27.5 Å². The van der Waals surface area contributed by atoms with Crippen LogP contribution in [-0.2, 0) is 6.54 Å². The minimum Gasteiger partial charge on any atom is -0.379 e. The van der Waals surface area contributed by atoms with Gasteiger partial charge in [0.2, 0.25) is 0 Å². The van der Waals surface area contributed by atoms with E-state index in [1.807, 2.05) is 48.5 Å². The summed E-state index contributed by atoms with van der Waals surface area (Å²) in [5.74, 6) is 0. The molecular formula is C19H14ClN3O. The van der Waals surface area contributed by atoms with Gasteiger partial charge in [0.1, 0.15) is 0 Å². The van der Waals surface area contributed by atoms with Crippen molar-refractivity contribution in [3.63, 3.8) is 0 Å². The van der Waals surface area contributed by atoms with Gasteiger partial charge in [-0.05, 0) is 36.4 Å². The molecule has 0 radical (unpaired) electrons. The lowest BCUT2D eigenvalue weighted by molar-refractivity contribution is 1.09. The van der Waals surface area contributed by atoms with E-state index >= 15 is 0 Å². The number of anilines is 1. The minimum absolute atomic E-state index is 0.106. The molecule has 2 aromatic carbocycles. The van der Waals surface area contributed by atoms with Gasteiger partial charge in [-0.25, -0.2) is 0 Å². The quantitative estimate of drug-likeness (QED) is 0.585. The van der Waals surface area contributed by atoms with E-state index in [9.17, 15) is 4.79 Å². The molecule has 0 saturated carbocycles. The Labute approximate surface area is 143 Å². The molecule has 0 aliphatic rings. The molecule has 2 N–H and O–H groups in total. The first-order valence-electron chi connectivity index (χ1n) is 7.60. The number of nitrogens with one attached hydrogen (secondary N) is 2. The Morgan fingerprint density at radius 1 is 1.04 bits per heavy atom. The molecule has 0 saturated heterocycles. The van der Waals surface area contributed by atoms with E-state index in [1.165, 1.54) is 0 Å². The molecule has 2 aromatic heterocycles. The number of pyridine rings is 2. The van der Waals surface area contributed by atoms with Crippen molar-refractivity contribution in [2.24, 2.45) is 0 Å². The maximum absolute atomic E-state index is 12.3. The van der Waals surface area contributed by atoms with Crippen LogP contribution in [-0.4, -0.2) is 9.97 Å². The van der Waals surface area contributed by atoms with Crippen LogP contribution in [0.3, 0.4) is 0 Å². The second kappa shape index (κ2) is 5.98. The van der Waals surface area contributed by atoms with Gasteiger partial charge in [-0.3, -0.25) is 9.78 Å². The van der Waals surface area contributed by atoms with Crippen LogP contribution in [0.25, 0.3) is 21.8 Å². The predicted octanol–water partition coefficient (Wildman–Crippen LogP) is 4.34. The number of rotatable bonds is 3. The number of aromatic nitrogens is 2. The summed E-state index contributed by atoms with van der Waals surface area (Å²) in [6.07, 6.45) is 1.76. The lowest BCUT2D eigenvalue weighted by atomic mass is 10.1. The minimum atomic E-state index is -0.106. The summed E-state index contributed by atoms with van der Waals surface area (Å²) in [7, 11) is 0. The molecule has 2 heterocycles. The summed E-state index contributed by atoms with van der Waals surface area (Å²) in [6, 6.07) is 17.1. The lowest BCUT2D eigenvalue weighted by Gasteiger charge is -2.09. The van der Waals surface area contributed by atoms with Gasteiger partial charge in [0.25, 0.3) is 5.56 Å². The van der Waals surface area contributed by atoms with Crippen LogP contribution in [0.2, 0.25) is 5.02 Å². The zero-order valence-corrected chi connectivity index (χ0v) is 13.5. The Kier molecular flexibility index (Phi) is 3.67. The third kappa shape index (κ3) is 2.72. The second-order valence-electron chi connectivity index (χ2n) is 5.59. The van der Waals surface area contributed by atoms with E-state index in [4.69, 9.17) is 11.6 Å². The van der Waals surface area contributed by atoms with Gasteiger partial charge in [0.15, 0.2) is 0 Å². The average molecular weight is 336 g/mol. The molecule has 0 unspecified atom stereocenters. The fourth-order valence-corrected chi connectivity index (χ4v) is 2.97. The number of nitrogens with zero attached hydrogens (tertiary/aromatic N) is 1. The highest BCUT2D eigenvalue weighted by atomic mass is 35.5. The Bertz CT molecular complexity index is 1100. The normalized spacial score (nSPS) is 11.0. The number of fused-ring (bicyclic) bond motifs is 2. The first-order chi connectivity index (χ1) is 11.7. The van der Waals surface area contributed by atoms with Crippen molar-refractivity contribution in [2.75, 3.05) is 5.32 Å². The highest BCUT2D eigenvalue weighted by Gasteiger charge is 2.06. The molecule has 24 heavy (non-hydrogen) atoms. The molecule has 0 amide bonds. The maximum atomic E-state index is 12.3. The van der Waals surface area contributed by atoms with Crippen molar-refractivity contribution in [1.82, 2.24) is 9.97 Å². The number of aromatic amines is 1. The van der Waals surface area contributed by atoms with Crippen LogP contribution in [0.5, 0.6) is 0 Å². The number of hydrogen-bond donors (Lipinski definition) is 2. The second-order valence-corrected chi connectivity index (χ2v) is 6.03. The smallest absolute Gasteiger partial charge is 0.253 e. The third-order valence-corrected chi connectivity index (χ3v) is 4.22. The molecule has 0 fully saturated rings. The fourth-order valence-electron chi connectivity index (χ4n) is 2.79. The number of para-hydroxylation sites is 1. The highest BCUT2D eigenvalue weighted by molar-refractivity contribution is 6.31. The number of halogens is 1. The summed E-state index contributed by atoms with van der Waals surface area (Å²) in [4.78, 5) is 19.6. The van der Waals surface area contributed by atoms with Crippen molar-refractivity contribution in [1.29, 1.82) is 0 Å². The number of benzene rings is 2. The molecule has 4 rings (SSSR count). The summed E-state index contributed by atoms with van der Waals surface area (Å²) < 4.78 is 0. The van der Waals surface area contributed by atoms with Crippen LogP contribution < -0.4 is 10.9 Å². The molecule has 0 bridgehead atoms. The summed E-state index contributed by atoms with van der Waals surface area (Å²) in [6.45, 7) is 0.410. The van der Waals surface area contributed by atoms with Gasteiger partial charge < -0.3 is 10.3 Å². The lowest BCUT2D eigenvalue weighted by Crippen LogP contribution is -2.15. The van der Waals surface area contributed by atoms with Crippen molar-refractivity contribution in [3.8, 4) is 0 Å². The Morgan fingerprint density at radius 3 is 2.83 bits per heavy atom. The summed E-state index contributed by atoms with van der Waals surface area (Å²) in [5.41, 5.74) is 3.11. The predicted molar refractivity (Wildman–Crippen MR) is 98.6 cm³/mol. The van der Waals surface area contributed by atoms with Crippen LogP contribution in [0.1, 0.15) is 5.56 Å². The van der Waals surface area contributed by atoms with E-state index in [-0.39, 0.29) is 5.56 Å². The maximum Gasteiger partial charge on any atom is 0.253 e. The molecule has 0 spiro atoms. The topological polar surface area (TPSA) is 57.8 Å². The molecule has 5 heteroatoms. The van der Waals surface area contributed by atoms with Crippen LogP contribution in [0.15, 0.2) is 65.6 Å². The van der Waals surface area contributed by atoms with E-state index in [1.54, 1.807) is 12.3 Å². The van der Waals surface area contributed by atoms with Gasteiger partial charge in [-0.1, -0.05) is 29.8 Å². The van der Waals surface area contributed by atoms with Crippen molar-refractivity contribution in [3.05, 3.63) is 81.7 Å². The van der Waals surface area contributed by atoms with E-state index in [0.29, 0.717) is 17.1 Å². The van der Waals surface area contributed by atoms with Crippen LogP contribution in [0, 0.1) is 0 Å². The van der Waals surface area contributed by atoms with Crippen molar-refractivity contribution in [2.45, 2.75) is 6.54 Å². The first-order valence-corrected chi connectivity index (χ1v) is 7.97. The van der Waals surface area contributed by atoms with Crippen molar-refractivity contribution >= 4 is 39.1 Å². The van der Waals surface area contributed by atoms with Crippen LogP contribution >= 0.6 is 11.6 Å². The zero-order valence-electron chi connectivity index (χ0n) is 12.7. The van der Waals surface area contributed by atoms with E-state index in [2.05, 4.69) is 15.3 Å². The first kappa shape index (κ1) is 14.7. The largest absolute Gasteiger partial charge is 0.379 e. The standard InChI is InChI=1S/C19H14ClN3O/c20-15-6-7-16-13(10-15)9-14(19(24)23-16)11-22-17-5-1-3-12-4-2-8-21-18(12)17/h1-10,22H,11H2,(H,23,24). The van der Waals surface area contributed by atoms with E-state index < -0.39 is 0 Å². The molecule has 0 aliphatic heterocycles. The number of H-pyrrole nitrogens is 1. The third-order valence-electron chi connectivity index (χ3n) is 3.99. The van der Waals surface area contributed by atoms with Gasteiger partial charge >= 0.3 is 0 Å². The van der Waals surface area contributed by atoms with Crippen LogP contribution in [0.4, 0.5) is 5.69 Å². The van der Waals surface area contributed by atoms with Gasteiger partial charge in [0, 0.05) is 39.6 Å². The van der Waals surface area contributed by atoms with Gasteiger partial charge in [-0.15, -0.1) is 0 Å². The highest BCUT2D eigenvalue weighted by Crippen LogP contribution is 2.22. The van der Waals surface area contributed by atoms with Gasteiger partial charge in [0.05, 0.1) is 11.2 Å². The molecular weight excluding hydrogens is 322 g/mol. The van der Waals surface area contributed by atoms with Gasteiger partial charge in [-0.2, -0.15) is 0 Å². The Morgan fingerprint density at radius 2 is 1.92 bits per heavy atom. The summed E-state index contributed by atoms with van der Waals surface area (Å²) >= 11 is 6.03. The number of hydrogen-bond acceptors (Lipinski definition) is 3. The molecule has 4 nitrogen and oxygen atoms in total. The zero-order chi connectivity index (χ0) is 16.5. The Balaban J connectivity index is 1.69. The fraction of sp³-hybridized carbons (Fsp3) is 0.0526. The molecule has 118 valence electrons. The average Bonchev–Trinajstić information content (AvgIpc) is 2.60. The Hall–Kier alpha value is -2.85.